The fraction of sp³-hybridized carbons (Fsp3) is 0.583. The van der Waals surface area contributed by atoms with Crippen molar-refractivity contribution in [1.29, 1.82) is 0 Å². The lowest BCUT2D eigenvalue weighted by molar-refractivity contribution is -0.155. The maximum absolute atomic E-state index is 12.3. The molecular formula is C24H35N3O5. The summed E-state index contributed by atoms with van der Waals surface area (Å²) in [5.41, 5.74) is 0.632. The number of carbonyl (C=O) groups is 4. The van der Waals surface area contributed by atoms with Gasteiger partial charge in [-0.25, -0.2) is 0 Å². The van der Waals surface area contributed by atoms with E-state index in [1.54, 1.807) is 34.1 Å². The van der Waals surface area contributed by atoms with Crippen molar-refractivity contribution in [3.05, 3.63) is 29.8 Å². The summed E-state index contributed by atoms with van der Waals surface area (Å²) in [6, 6.07) is 6.63. The first-order chi connectivity index (χ1) is 15.1. The Morgan fingerprint density at radius 1 is 1.03 bits per heavy atom. The monoisotopic (exact) mass is 445 g/mol. The first kappa shape index (κ1) is 25.4. The second kappa shape index (κ2) is 11.1. The molecule has 0 bridgehead atoms. The van der Waals surface area contributed by atoms with Gasteiger partial charge in [0.15, 0.2) is 6.61 Å². The molecule has 0 radical (unpaired) electrons. The molecule has 8 heteroatoms. The van der Waals surface area contributed by atoms with Crippen LogP contribution in [0.4, 0.5) is 5.69 Å². The standard InChI is InChI=1S/C24H35N3O5/c1-6-26(7-2)21(29)17-8-10-19(11-9-17)25-20(28)16-32-22(30)18-12-14-27(15-13-18)23(31)24(3,4)5/h8-11,18H,6-7,12-16H2,1-5H3,(H,25,28). The molecule has 1 aliphatic heterocycles. The molecule has 1 fully saturated rings. The molecule has 2 rings (SSSR count). The Labute approximate surface area is 190 Å². The number of anilines is 1. The molecule has 1 aliphatic rings. The molecule has 1 saturated heterocycles. The van der Waals surface area contributed by atoms with E-state index in [-0.39, 0.29) is 24.3 Å². The molecule has 1 N–H and O–H groups in total. The van der Waals surface area contributed by atoms with Crippen molar-refractivity contribution in [1.82, 2.24) is 9.80 Å². The van der Waals surface area contributed by atoms with Gasteiger partial charge in [0.2, 0.25) is 5.91 Å². The summed E-state index contributed by atoms with van der Waals surface area (Å²) in [5, 5.41) is 2.67. The fourth-order valence-corrected chi connectivity index (χ4v) is 3.63. The Hall–Kier alpha value is -2.90. The summed E-state index contributed by atoms with van der Waals surface area (Å²) in [7, 11) is 0. The third kappa shape index (κ3) is 6.80. The minimum absolute atomic E-state index is 0.0583. The van der Waals surface area contributed by atoms with Crippen LogP contribution in [0.5, 0.6) is 0 Å². The van der Waals surface area contributed by atoms with Gasteiger partial charge in [0.25, 0.3) is 11.8 Å². The molecule has 176 valence electrons. The first-order valence-electron chi connectivity index (χ1n) is 11.2. The number of benzene rings is 1. The second-order valence-corrected chi connectivity index (χ2v) is 9.03. The molecule has 0 spiro atoms. The van der Waals surface area contributed by atoms with Crippen molar-refractivity contribution in [3.8, 4) is 0 Å². The fourth-order valence-electron chi connectivity index (χ4n) is 3.63. The van der Waals surface area contributed by atoms with Crippen LogP contribution in [0.1, 0.15) is 57.8 Å². The quantitative estimate of drug-likeness (QED) is 0.651. The average molecular weight is 446 g/mol. The number of hydrogen-bond donors (Lipinski definition) is 1. The lowest BCUT2D eigenvalue weighted by Crippen LogP contribution is -2.45. The zero-order valence-corrected chi connectivity index (χ0v) is 19.8. The number of hydrogen-bond acceptors (Lipinski definition) is 5. The van der Waals surface area contributed by atoms with Crippen molar-refractivity contribution in [2.24, 2.45) is 11.3 Å². The maximum Gasteiger partial charge on any atom is 0.309 e. The molecule has 0 aliphatic carbocycles. The van der Waals surface area contributed by atoms with Gasteiger partial charge in [0, 0.05) is 42.8 Å². The van der Waals surface area contributed by atoms with Crippen molar-refractivity contribution >= 4 is 29.4 Å². The van der Waals surface area contributed by atoms with Gasteiger partial charge in [0.1, 0.15) is 0 Å². The molecule has 0 saturated carbocycles. The molecule has 1 aromatic rings. The highest BCUT2D eigenvalue weighted by Gasteiger charge is 2.33. The number of esters is 1. The van der Waals surface area contributed by atoms with E-state index in [0.717, 1.165) is 0 Å². The van der Waals surface area contributed by atoms with Gasteiger partial charge in [0.05, 0.1) is 5.92 Å². The molecule has 0 atom stereocenters. The van der Waals surface area contributed by atoms with Crippen molar-refractivity contribution in [2.45, 2.75) is 47.5 Å². The predicted molar refractivity (Wildman–Crippen MR) is 122 cm³/mol. The number of ether oxygens (including phenoxy) is 1. The van der Waals surface area contributed by atoms with Crippen molar-refractivity contribution in [2.75, 3.05) is 38.1 Å². The number of nitrogens with one attached hydrogen (secondary N) is 1. The van der Waals surface area contributed by atoms with E-state index in [0.29, 0.717) is 50.3 Å². The minimum Gasteiger partial charge on any atom is -0.455 e. The Bertz CT molecular complexity index is 817. The van der Waals surface area contributed by atoms with E-state index >= 15 is 0 Å². The van der Waals surface area contributed by atoms with Gasteiger partial charge in [-0.2, -0.15) is 0 Å². The van der Waals surface area contributed by atoms with Crippen LogP contribution in [0.15, 0.2) is 24.3 Å². The summed E-state index contributed by atoms with van der Waals surface area (Å²) in [4.78, 5) is 52.7. The third-order valence-electron chi connectivity index (χ3n) is 5.57. The maximum atomic E-state index is 12.3. The first-order valence-corrected chi connectivity index (χ1v) is 11.2. The Kier molecular flexibility index (Phi) is 8.80. The third-order valence-corrected chi connectivity index (χ3v) is 5.57. The summed E-state index contributed by atoms with van der Waals surface area (Å²) < 4.78 is 5.19. The van der Waals surface area contributed by atoms with Crippen LogP contribution in [0, 0.1) is 11.3 Å². The van der Waals surface area contributed by atoms with E-state index in [4.69, 9.17) is 4.74 Å². The highest BCUT2D eigenvalue weighted by Crippen LogP contribution is 2.24. The number of rotatable bonds is 7. The topological polar surface area (TPSA) is 96.0 Å². The van der Waals surface area contributed by atoms with Crippen LogP contribution < -0.4 is 5.32 Å². The van der Waals surface area contributed by atoms with E-state index in [9.17, 15) is 19.2 Å². The number of amides is 3. The highest BCUT2D eigenvalue weighted by molar-refractivity contribution is 5.96. The molecular weight excluding hydrogens is 410 g/mol. The minimum atomic E-state index is -0.443. The van der Waals surface area contributed by atoms with Crippen LogP contribution in [0.2, 0.25) is 0 Å². The molecule has 32 heavy (non-hydrogen) atoms. The van der Waals surface area contributed by atoms with Gasteiger partial charge in [-0.1, -0.05) is 20.8 Å². The molecule has 0 aromatic heterocycles. The van der Waals surface area contributed by atoms with Gasteiger partial charge < -0.3 is 19.9 Å². The molecule has 1 aromatic carbocycles. The van der Waals surface area contributed by atoms with Crippen LogP contribution in [-0.2, 0) is 19.1 Å². The molecule has 8 nitrogen and oxygen atoms in total. The summed E-state index contributed by atoms with van der Waals surface area (Å²) in [5.74, 6) is -1.15. The smallest absolute Gasteiger partial charge is 0.309 e. The normalized spacial score (nSPS) is 14.6. The number of nitrogens with zero attached hydrogens (tertiary/aromatic N) is 2. The molecule has 1 heterocycles. The van der Waals surface area contributed by atoms with Gasteiger partial charge >= 0.3 is 5.97 Å². The van der Waals surface area contributed by atoms with E-state index in [2.05, 4.69) is 5.32 Å². The SMILES string of the molecule is CCN(CC)C(=O)c1ccc(NC(=O)COC(=O)C2CCN(C(=O)C(C)(C)C)CC2)cc1. The van der Waals surface area contributed by atoms with Crippen LogP contribution in [0.3, 0.4) is 0 Å². The Morgan fingerprint density at radius 2 is 1.59 bits per heavy atom. The Balaban J connectivity index is 1.78. The lowest BCUT2D eigenvalue weighted by Gasteiger charge is -2.34. The van der Waals surface area contributed by atoms with Gasteiger partial charge in [-0.3, -0.25) is 19.2 Å². The number of piperidine rings is 1. The van der Waals surface area contributed by atoms with E-state index in [1.807, 2.05) is 34.6 Å². The van der Waals surface area contributed by atoms with Gasteiger partial charge in [-0.15, -0.1) is 0 Å². The lowest BCUT2D eigenvalue weighted by atomic mass is 9.91. The summed E-state index contributed by atoms with van der Waals surface area (Å²) >= 11 is 0. The van der Waals surface area contributed by atoms with Crippen molar-refractivity contribution < 1.29 is 23.9 Å². The van der Waals surface area contributed by atoms with Crippen LogP contribution in [0.25, 0.3) is 0 Å². The largest absolute Gasteiger partial charge is 0.455 e. The summed E-state index contributed by atoms with van der Waals surface area (Å²) in [6.45, 7) is 11.4. The average Bonchev–Trinajstić information content (AvgIpc) is 2.77. The van der Waals surface area contributed by atoms with E-state index < -0.39 is 17.3 Å². The molecule has 3 amide bonds. The zero-order valence-electron chi connectivity index (χ0n) is 19.8. The van der Waals surface area contributed by atoms with Gasteiger partial charge in [-0.05, 0) is 51.0 Å². The van der Waals surface area contributed by atoms with E-state index in [1.165, 1.54) is 0 Å². The number of likely N-dealkylation sites (tertiary alicyclic amines) is 1. The second-order valence-electron chi connectivity index (χ2n) is 9.03. The predicted octanol–water partition coefficient (Wildman–Crippen LogP) is 2.94. The van der Waals surface area contributed by atoms with Crippen LogP contribution >= 0.6 is 0 Å². The summed E-state index contributed by atoms with van der Waals surface area (Å²) in [6.07, 6.45) is 1.06. The van der Waals surface area contributed by atoms with Crippen molar-refractivity contribution in [3.63, 3.8) is 0 Å². The zero-order chi connectivity index (χ0) is 23.9. The molecule has 0 unspecified atom stereocenters. The highest BCUT2D eigenvalue weighted by atomic mass is 16.5. The number of carbonyl (C=O) groups excluding carboxylic acids is 4. The Morgan fingerprint density at radius 3 is 2.09 bits per heavy atom. The van der Waals surface area contributed by atoms with Crippen LogP contribution in [-0.4, -0.2) is 66.3 Å².